The number of carbonyl (C=O) groups is 1. The zero-order valence-corrected chi connectivity index (χ0v) is 11.6. The number of hydrogen-bond acceptors (Lipinski definition) is 2. The molecule has 1 atom stereocenters. The molecule has 100 valence electrons. The normalized spacial score (nSPS) is 14.4. The standard InChI is InChI=1S/C15H24N2O/c1-4-15(14(16)18,17(5-2)6-3)12-13-10-8-7-9-11-13/h7-11H,4-6,12H2,1-3H3,(H2,16,18). The van der Waals surface area contributed by atoms with Crippen LogP contribution < -0.4 is 5.73 Å². The molecule has 0 aliphatic rings. The van der Waals surface area contributed by atoms with Crippen LogP contribution in [-0.4, -0.2) is 29.4 Å². The van der Waals surface area contributed by atoms with Gasteiger partial charge < -0.3 is 5.73 Å². The second kappa shape index (κ2) is 6.55. The molecule has 1 unspecified atom stereocenters. The largest absolute Gasteiger partial charge is 0.368 e. The van der Waals surface area contributed by atoms with Crippen LogP contribution in [0.25, 0.3) is 0 Å². The Morgan fingerprint density at radius 1 is 1.17 bits per heavy atom. The fourth-order valence-corrected chi connectivity index (χ4v) is 2.64. The highest BCUT2D eigenvalue weighted by Gasteiger charge is 2.39. The Morgan fingerprint density at radius 3 is 2.11 bits per heavy atom. The van der Waals surface area contributed by atoms with Gasteiger partial charge in [-0.05, 0) is 31.5 Å². The molecule has 1 aromatic carbocycles. The maximum absolute atomic E-state index is 12.0. The first-order valence-corrected chi connectivity index (χ1v) is 6.69. The Morgan fingerprint density at radius 2 is 1.72 bits per heavy atom. The molecule has 0 saturated carbocycles. The van der Waals surface area contributed by atoms with Crippen LogP contribution in [0.4, 0.5) is 0 Å². The predicted molar refractivity (Wildman–Crippen MR) is 75.3 cm³/mol. The van der Waals surface area contributed by atoms with Crippen LogP contribution in [-0.2, 0) is 11.2 Å². The average molecular weight is 248 g/mol. The molecule has 0 heterocycles. The van der Waals surface area contributed by atoms with E-state index in [1.807, 2.05) is 25.1 Å². The number of carbonyl (C=O) groups excluding carboxylic acids is 1. The van der Waals surface area contributed by atoms with Crippen LogP contribution in [0.2, 0.25) is 0 Å². The Bertz CT molecular complexity index is 373. The molecule has 0 radical (unpaired) electrons. The Hall–Kier alpha value is -1.35. The van der Waals surface area contributed by atoms with Gasteiger partial charge in [0.05, 0.1) is 0 Å². The van der Waals surface area contributed by atoms with E-state index in [2.05, 4.69) is 30.9 Å². The summed E-state index contributed by atoms with van der Waals surface area (Å²) in [6.07, 6.45) is 1.42. The van der Waals surface area contributed by atoms with Gasteiger partial charge in [-0.15, -0.1) is 0 Å². The van der Waals surface area contributed by atoms with Crippen LogP contribution in [0.5, 0.6) is 0 Å². The molecular formula is C15H24N2O. The van der Waals surface area contributed by atoms with Crippen molar-refractivity contribution in [1.82, 2.24) is 4.90 Å². The molecule has 0 saturated heterocycles. The van der Waals surface area contributed by atoms with Crippen molar-refractivity contribution in [2.24, 2.45) is 5.73 Å². The van der Waals surface area contributed by atoms with E-state index in [-0.39, 0.29) is 5.91 Å². The fourth-order valence-electron chi connectivity index (χ4n) is 2.64. The summed E-state index contributed by atoms with van der Waals surface area (Å²) >= 11 is 0. The maximum Gasteiger partial charge on any atom is 0.238 e. The third kappa shape index (κ3) is 2.91. The quantitative estimate of drug-likeness (QED) is 0.804. The number of benzene rings is 1. The van der Waals surface area contributed by atoms with Crippen molar-refractivity contribution in [3.63, 3.8) is 0 Å². The summed E-state index contributed by atoms with van der Waals surface area (Å²) in [6.45, 7) is 7.84. The highest BCUT2D eigenvalue weighted by molar-refractivity contribution is 5.85. The van der Waals surface area contributed by atoms with Gasteiger partial charge in [0.25, 0.3) is 0 Å². The van der Waals surface area contributed by atoms with Crippen LogP contribution in [0.3, 0.4) is 0 Å². The van der Waals surface area contributed by atoms with Crippen molar-refractivity contribution in [1.29, 1.82) is 0 Å². The first kappa shape index (κ1) is 14.7. The van der Waals surface area contributed by atoms with Gasteiger partial charge in [-0.1, -0.05) is 51.1 Å². The number of nitrogens with two attached hydrogens (primary N) is 1. The molecule has 0 aliphatic carbocycles. The van der Waals surface area contributed by atoms with E-state index in [4.69, 9.17) is 5.73 Å². The lowest BCUT2D eigenvalue weighted by atomic mass is 9.85. The lowest BCUT2D eigenvalue weighted by Gasteiger charge is -2.40. The SMILES string of the molecule is CCN(CC)C(CC)(Cc1ccccc1)C(N)=O. The summed E-state index contributed by atoms with van der Waals surface area (Å²) in [5.41, 5.74) is 6.29. The predicted octanol–water partition coefficient (Wildman–Crippen LogP) is 2.21. The van der Waals surface area contributed by atoms with Gasteiger partial charge in [0.2, 0.25) is 5.91 Å². The summed E-state index contributed by atoms with van der Waals surface area (Å²) < 4.78 is 0. The summed E-state index contributed by atoms with van der Waals surface area (Å²) in [5, 5.41) is 0. The summed E-state index contributed by atoms with van der Waals surface area (Å²) in [6, 6.07) is 10.1. The number of primary amides is 1. The van der Waals surface area contributed by atoms with Gasteiger partial charge in [0.1, 0.15) is 5.54 Å². The molecule has 18 heavy (non-hydrogen) atoms. The van der Waals surface area contributed by atoms with Crippen molar-refractivity contribution >= 4 is 5.91 Å². The first-order chi connectivity index (χ1) is 8.60. The molecule has 0 bridgehead atoms. The molecule has 3 nitrogen and oxygen atoms in total. The molecule has 0 aliphatic heterocycles. The first-order valence-electron chi connectivity index (χ1n) is 6.69. The molecule has 0 fully saturated rings. The van der Waals surface area contributed by atoms with Gasteiger partial charge in [0, 0.05) is 0 Å². The summed E-state index contributed by atoms with van der Waals surface area (Å²) in [4.78, 5) is 14.2. The molecule has 0 spiro atoms. The van der Waals surface area contributed by atoms with Crippen molar-refractivity contribution in [3.05, 3.63) is 35.9 Å². The zero-order chi connectivity index (χ0) is 13.6. The smallest absolute Gasteiger partial charge is 0.238 e. The number of likely N-dealkylation sites (N-methyl/N-ethyl adjacent to an activating group) is 1. The van der Waals surface area contributed by atoms with E-state index in [0.29, 0.717) is 6.42 Å². The van der Waals surface area contributed by atoms with E-state index >= 15 is 0 Å². The summed E-state index contributed by atoms with van der Waals surface area (Å²) in [5.74, 6) is -0.224. The highest BCUT2D eigenvalue weighted by Crippen LogP contribution is 2.24. The lowest BCUT2D eigenvalue weighted by molar-refractivity contribution is -0.130. The zero-order valence-electron chi connectivity index (χ0n) is 11.6. The number of amides is 1. The Balaban J connectivity index is 3.08. The van der Waals surface area contributed by atoms with Crippen molar-refractivity contribution in [3.8, 4) is 0 Å². The molecule has 1 rings (SSSR count). The van der Waals surface area contributed by atoms with Gasteiger partial charge in [-0.3, -0.25) is 9.69 Å². The van der Waals surface area contributed by atoms with E-state index in [1.165, 1.54) is 0 Å². The molecular weight excluding hydrogens is 224 g/mol. The topological polar surface area (TPSA) is 46.3 Å². The van der Waals surface area contributed by atoms with E-state index < -0.39 is 5.54 Å². The number of hydrogen-bond donors (Lipinski definition) is 1. The molecule has 1 aromatic rings. The maximum atomic E-state index is 12.0. The average Bonchev–Trinajstić information content (AvgIpc) is 2.39. The van der Waals surface area contributed by atoms with Gasteiger partial charge in [-0.25, -0.2) is 0 Å². The monoisotopic (exact) mass is 248 g/mol. The number of nitrogens with zero attached hydrogens (tertiary/aromatic N) is 1. The second-order valence-electron chi connectivity index (χ2n) is 4.58. The third-order valence-electron chi connectivity index (χ3n) is 3.75. The van der Waals surface area contributed by atoms with Crippen molar-refractivity contribution in [2.75, 3.05) is 13.1 Å². The van der Waals surface area contributed by atoms with E-state index in [9.17, 15) is 4.79 Å². The molecule has 1 amide bonds. The number of rotatable bonds is 7. The minimum Gasteiger partial charge on any atom is -0.368 e. The highest BCUT2D eigenvalue weighted by atomic mass is 16.1. The van der Waals surface area contributed by atoms with Gasteiger partial charge in [0.15, 0.2) is 0 Å². The fraction of sp³-hybridized carbons (Fsp3) is 0.533. The van der Waals surface area contributed by atoms with E-state index in [0.717, 1.165) is 25.1 Å². The van der Waals surface area contributed by atoms with Crippen molar-refractivity contribution in [2.45, 2.75) is 39.2 Å². The van der Waals surface area contributed by atoms with Crippen molar-refractivity contribution < 1.29 is 4.79 Å². The molecule has 2 N–H and O–H groups in total. The van der Waals surface area contributed by atoms with Crippen LogP contribution in [0, 0.1) is 0 Å². The van der Waals surface area contributed by atoms with Crippen LogP contribution in [0.15, 0.2) is 30.3 Å². The Labute approximate surface area is 110 Å². The minimum atomic E-state index is -0.565. The lowest BCUT2D eigenvalue weighted by Crippen LogP contribution is -2.58. The van der Waals surface area contributed by atoms with Crippen LogP contribution >= 0.6 is 0 Å². The minimum absolute atomic E-state index is 0.224. The third-order valence-corrected chi connectivity index (χ3v) is 3.75. The van der Waals surface area contributed by atoms with E-state index in [1.54, 1.807) is 0 Å². The molecule has 0 aromatic heterocycles. The summed E-state index contributed by atoms with van der Waals surface area (Å²) in [7, 11) is 0. The van der Waals surface area contributed by atoms with Gasteiger partial charge >= 0.3 is 0 Å². The molecule has 3 heteroatoms. The Kier molecular flexibility index (Phi) is 5.35. The van der Waals surface area contributed by atoms with Crippen LogP contribution in [0.1, 0.15) is 32.8 Å². The second-order valence-corrected chi connectivity index (χ2v) is 4.58. The van der Waals surface area contributed by atoms with Gasteiger partial charge in [-0.2, -0.15) is 0 Å².